The second kappa shape index (κ2) is 5.85. The molecule has 1 atom stereocenters. The Morgan fingerprint density at radius 3 is 3.00 bits per heavy atom. The summed E-state index contributed by atoms with van der Waals surface area (Å²) in [5.41, 5.74) is 1.44. The summed E-state index contributed by atoms with van der Waals surface area (Å²) < 4.78 is 5.55. The highest BCUT2D eigenvalue weighted by Crippen LogP contribution is 2.36. The molecule has 1 aromatic heterocycles. The van der Waals surface area contributed by atoms with Gasteiger partial charge < -0.3 is 15.0 Å². The van der Waals surface area contributed by atoms with Crippen LogP contribution in [0.2, 0.25) is 5.02 Å². The molecule has 2 aromatic rings. The van der Waals surface area contributed by atoms with Gasteiger partial charge in [0.25, 0.3) is 5.56 Å². The summed E-state index contributed by atoms with van der Waals surface area (Å²) in [6.07, 6.45) is 2.10. The first kappa shape index (κ1) is 14.7. The molecule has 5 nitrogen and oxygen atoms in total. The van der Waals surface area contributed by atoms with Crippen LogP contribution in [0.15, 0.2) is 35.3 Å². The number of benzene rings is 1. The first-order valence-electron chi connectivity index (χ1n) is 6.97. The quantitative estimate of drug-likeness (QED) is 0.894. The third-order valence-electron chi connectivity index (χ3n) is 3.75. The molecule has 0 fully saturated rings. The number of aromatic amines is 1. The van der Waals surface area contributed by atoms with E-state index in [1.807, 2.05) is 0 Å². The summed E-state index contributed by atoms with van der Waals surface area (Å²) in [6, 6.07) is 6.97. The number of H-pyrrole nitrogens is 1. The third kappa shape index (κ3) is 2.72. The van der Waals surface area contributed by atoms with Crippen LogP contribution in [0.1, 0.15) is 23.5 Å². The van der Waals surface area contributed by atoms with Gasteiger partial charge in [-0.15, -0.1) is 0 Å². The zero-order valence-corrected chi connectivity index (χ0v) is 12.7. The van der Waals surface area contributed by atoms with Gasteiger partial charge in [0.15, 0.2) is 0 Å². The van der Waals surface area contributed by atoms with Crippen molar-refractivity contribution in [3.05, 3.63) is 57.0 Å². The Labute approximate surface area is 132 Å². The van der Waals surface area contributed by atoms with Crippen molar-refractivity contribution in [3.8, 4) is 5.75 Å². The maximum Gasteiger partial charge on any atom is 0.271 e. The minimum atomic E-state index is -0.388. The topological polar surface area (TPSA) is 71.2 Å². The van der Waals surface area contributed by atoms with E-state index in [9.17, 15) is 9.59 Å². The van der Waals surface area contributed by atoms with E-state index in [0.29, 0.717) is 23.8 Å². The second-order valence-corrected chi connectivity index (χ2v) is 5.66. The molecular formula is C16H15ClN2O3. The number of fused-ring (bicyclic) bond motifs is 1. The van der Waals surface area contributed by atoms with Crippen LogP contribution >= 0.6 is 11.6 Å². The van der Waals surface area contributed by atoms with Crippen LogP contribution in [0.4, 0.5) is 5.69 Å². The van der Waals surface area contributed by atoms with Gasteiger partial charge in [0.05, 0.1) is 12.5 Å². The van der Waals surface area contributed by atoms with Crippen LogP contribution in [-0.2, 0) is 4.79 Å². The molecule has 3 rings (SSSR count). The molecule has 22 heavy (non-hydrogen) atoms. The third-order valence-corrected chi connectivity index (χ3v) is 3.98. The van der Waals surface area contributed by atoms with E-state index >= 15 is 0 Å². The van der Waals surface area contributed by atoms with Gasteiger partial charge in [-0.05, 0) is 43.2 Å². The average Bonchev–Trinajstić information content (AvgIpc) is 2.50. The monoisotopic (exact) mass is 318 g/mol. The SMILES string of the molecule is Cc1cc[nH]c(=O)c1NC(=O)C1CCOc2ccc(Cl)cc21. The Morgan fingerprint density at radius 1 is 1.41 bits per heavy atom. The molecule has 0 saturated heterocycles. The molecule has 6 heteroatoms. The average molecular weight is 319 g/mol. The number of pyridine rings is 1. The summed E-state index contributed by atoms with van der Waals surface area (Å²) in [6.45, 7) is 2.23. The number of hydrogen-bond donors (Lipinski definition) is 2. The molecule has 0 spiro atoms. The molecule has 1 aromatic carbocycles. The zero-order valence-electron chi connectivity index (χ0n) is 12.0. The van der Waals surface area contributed by atoms with Gasteiger partial charge in [-0.2, -0.15) is 0 Å². The van der Waals surface area contributed by atoms with E-state index in [0.717, 1.165) is 11.1 Å². The highest BCUT2D eigenvalue weighted by molar-refractivity contribution is 6.30. The van der Waals surface area contributed by atoms with Crippen molar-refractivity contribution in [1.82, 2.24) is 4.98 Å². The largest absolute Gasteiger partial charge is 0.493 e. The normalized spacial score (nSPS) is 16.5. The van der Waals surface area contributed by atoms with Crippen LogP contribution in [0.3, 0.4) is 0 Å². The minimum Gasteiger partial charge on any atom is -0.493 e. The standard InChI is InChI=1S/C16H15ClN2O3/c1-9-4-6-18-16(21)14(9)19-15(20)11-5-7-22-13-3-2-10(17)8-12(11)13/h2-4,6,8,11H,5,7H2,1H3,(H,18,21)(H,19,20). The lowest BCUT2D eigenvalue weighted by molar-refractivity contribution is -0.118. The van der Waals surface area contributed by atoms with Crippen molar-refractivity contribution < 1.29 is 9.53 Å². The molecule has 2 heterocycles. The smallest absolute Gasteiger partial charge is 0.271 e. The lowest BCUT2D eigenvalue weighted by Gasteiger charge is -2.25. The first-order chi connectivity index (χ1) is 10.6. The highest BCUT2D eigenvalue weighted by atomic mass is 35.5. The minimum absolute atomic E-state index is 0.230. The first-order valence-corrected chi connectivity index (χ1v) is 7.35. The van der Waals surface area contributed by atoms with Gasteiger partial charge in [-0.3, -0.25) is 9.59 Å². The van der Waals surface area contributed by atoms with E-state index < -0.39 is 0 Å². The Kier molecular flexibility index (Phi) is 3.90. The maximum absolute atomic E-state index is 12.6. The summed E-state index contributed by atoms with van der Waals surface area (Å²) in [4.78, 5) is 27.0. The molecule has 2 N–H and O–H groups in total. The van der Waals surface area contributed by atoms with Gasteiger partial charge in [0.2, 0.25) is 5.91 Å². The fraction of sp³-hybridized carbons (Fsp3) is 0.250. The van der Waals surface area contributed by atoms with Crippen LogP contribution in [0, 0.1) is 6.92 Å². The predicted molar refractivity (Wildman–Crippen MR) is 84.7 cm³/mol. The number of rotatable bonds is 2. The lowest BCUT2D eigenvalue weighted by Crippen LogP contribution is -2.29. The number of aromatic nitrogens is 1. The van der Waals surface area contributed by atoms with E-state index in [1.165, 1.54) is 0 Å². The molecular weight excluding hydrogens is 304 g/mol. The molecule has 1 amide bonds. The number of anilines is 1. The van der Waals surface area contributed by atoms with Crippen molar-refractivity contribution in [3.63, 3.8) is 0 Å². The number of nitrogens with one attached hydrogen (secondary N) is 2. The van der Waals surface area contributed by atoms with Crippen LogP contribution in [0.25, 0.3) is 0 Å². The van der Waals surface area contributed by atoms with Gasteiger partial charge in [-0.1, -0.05) is 11.6 Å². The Bertz CT molecular complexity index is 785. The molecule has 1 aliphatic heterocycles. The van der Waals surface area contributed by atoms with Crippen LogP contribution in [-0.4, -0.2) is 17.5 Å². The van der Waals surface area contributed by atoms with Crippen molar-refractivity contribution in [1.29, 1.82) is 0 Å². The number of halogens is 1. The Morgan fingerprint density at radius 2 is 2.23 bits per heavy atom. The van der Waals surface area contributed by atoms with Crippen molar-refractivity contribution in [2.45, 2.75) is 19.3 Å². The summed E-state index contributed by atoms with van der Waals surface area (Å²) >= 11 is 6.02. The van der Waals surface area contributed by atoms with Crippen LogP contribution in [0.5, 0.6) is 5.75 Å². The zero-order chi connectivity index (χ0) is 15.7. The number of ether oxygens (including phenoxy) is 1. The fourth-order valence-electron chi connectivity index (χ4n) is 2.58. The number of hydrogen-bond acceptors (Lipinski definition) is 3. The summed E-state index contributed by atoms with van der Waals surface area (Å²) in [7, 11) is 0. The van der Waals surface area contributed by atoms with E-state index in [1.54, 1.807) is 37.4 Å². The van der Waals surface area contributed by atoms with Gasteiger partial charge in [0, 0.05) is 16.8 Å². The van der Waals surface area contributed by atoms with E-state index in [-0.39, 0.29) is 23.1 Å². The molecule has 0 saturated carbocycles. The number of carbonyl (C=O) groups excluding carboxylic acids is 1. The number of amides is 1. The maximum atomic E-state index is 12.6. The summed E-state index contributed by atoms with van der Waals surface area (Å²) in [5, 5.41) is 3.28. The van der Waals surface area contributed by atoms with E-state index in [4.69, 9.17) is 16.3 Å². The molecule has 0 aliphatic carbocycles. The number of carbonyl (C=O) groups is 1. The molecule has 0 radical (unpaired) electrons. The predicted octanol–water partition coefficient (Wildman–Crippen LogP) is 2.84. The Hall–Kier alpha value is -2.27. The molecule has 114 valence electrons. The van der Waals surface area contributed by atoms with Gasteiger partial charge in [0.1, 0.15) is 11.4 Å². The second-order valence-electron chi connectivity index (χ2n) is 5.23. The molecule has 0 bridgehead atoms. The lowest BCUT2D eigenvalue weighted by atomic mass is 9.92. The van der Waals surface area contributed by atoms with Crippen molar-refractivity contribution in [2.75, 3.05) is 11.9 Å². The van der Waals surface area contributed by atoms with Gasteiger partial charge in [-0.25, -0.2) is 0 Å². The van der Waals surface area contributed by atoms with Gasteiger partial charge >= 0.3 is 0 Å². The molecule has 1 aliphatic rings. The molecule has 1 unspecified atom stereocenters. The fourth-order valence-corrected chi connectivity index (χ4v) is 2.76. The summed E-state index contributed by atoms with van der Waals surface area (Å²) in [5.74, 6) is 0.0440. The van der Waals surface area contributed by atoms with E-state index in [2.05, 4.69) is 10.3 Å². The van der Waals surface area contributed by atoms with Crippen molar-refractivity contribution in [2.24, 2.45) is 0 Å². The van der Waals surface area contributed by atoms with Crippen LogP contribution < -0.4 is 15.6 Å². The van der Waals surface area contributed by atoms with Crippen molar-refractivity contribution >= 4 is 23.2 Å². The number of aryl methyl sites for hydroxylation is 1. The highest BCUT2D eigenvalue weighted by Gasteiger charge is 2.28. The Balaban J connectivity index is 1.91.